The van der Waals surface area contributed by atoms with Crippen LogP contribution in [0.3, 0.4) is 0 Å². The highest BCUT2D eigenvalue weighted by atomic mass is 127. The average molecular weight is 347 g/mol. The first kappa shape index (κ1) is 11.9. The molecule has 2 aromatic rings. The van der Waals surface area contributed by atoms with Crippen LogP contribution >= 0.6 is 33.9 Å². The van der Waals surface area contributed by atoms with Crippen LogP contribution in [-0.2, 0) is 13.0 Å². The predicted molar refractivity (Wildman–Crippen MR) is 76.9 cm³/mol. The maximum absolute atomic E-state index is 5.99. The Morgan fingerprint density at radius 2 is 2.12 bits per heavy atom. The molecular weight excluding hydrogens is 333 g/mol. The highest BCUT2D eigenvalue weighted by Gasteiger charge is 2.10. The van der Waals surface area contributed by atoms with Crippen molar-refractivity contribution in [2.45, 2.75) is 26.8 Å². The van der Waals surface area contributed by atoms with E-state index >= 15 is 0 Å². The molecule has 0 atom stereocenters. The molecule has 0 aromatic carbocycles. The smallest absolute Gasteiger partial charge is 0.135 e. The summed E-state index contributed by atoms with van der Waals surface area (Å²) in [5.41, 5.74) is 6.99. The summed E-state index contributed by atoms with van der Waals surface area (Å²) in [5, 5.41) is 4.43. The van der Waals surface area contributed by atoms with Gasteiger partial charge in [0.1, 0.15) is 5.82 Å². The topological polar surface area (TPSA) is 43.8 Å². The van der Waals surface area contributed by atoms with Crippen LogP contribution < -0.4 is 5.73 Å². The van der Waals surface area contributed by atoms with Gasteiger partial charge in [-0.2, -0.15) is 5.10 Å². The lowest BCUT2D eigenvalue weighted by Crippen LogP contribution is -2.05. The van der Waals surface area contributed by atoms with Gasteiger partial charge in [-0.3, -0.25) is 0 Å². The Hall–Kier alpha value is -0.560. The number of nitrogens with two attached hydrogens (primary N) is 1. The first-order valence-corrected chi connectivity index (χ1v) is 7.07. The minimum atomic E-state index is 0.768. The summed E-state index contributed by atoms with van der Waals surface area (Å²) in [5.74, 6) is 0.768. The monoisotopic (exact) mass is 347 g/mol. The fourth-order valence-corrected chi connectivity index (χ4v) is 2.87. The van der Waals surface area contributed by atoms with Crippen molar-refractivity contribution < 1.29 is 0 Å². The number of rotatable bonds is 3. The SMILES string of the molecule is CCc1ccc(Cn2nc(C)c(I)c2N)s1. The maximum Gasteiger partial charge on any atom is 0.135 e. The van der Waals surface area contributed by atoms with Gasteiger partial charge < -0.3 is 5.73 Å². The zero-order valence-corrected chi connectivity index (χ0v) is 12.3. The molecule has 3 nitrogen and oxygen atoms in total. The molecule has 2 heterocycles. The highest BCUT2D eigenvalue weighted by molar-refractivity contribution is 14.1. The van der Waals surface area contributed by atoms with E-state index in [1.54, 1.807) is 0 Å². The summed E-state index contributed by atoms with van der Waals surface area (Å²) in [6.45, 7) is 4.94. The molecule has 0 fully saturated rings. The van der Waals surface area contributed by atoms with Crippen molar-refractivity contribution in [3.63, 3.8) is 0 Å². The molecule has 5 heteroatoms. The van der Waals surface area contributed by atoms with Gasteiger partial charge in [0, 0.05) is 9.75 Å². The molecule has 0 radical (unpaired) electrons. The van der Waals surface area contributed by atoms with E-state index in [-0.39, 0.29) is 0 Å². The summed E-state index contributed by atoms with van der Waals surface area (Å²) in [4.78, 5) is 2.72. The minimum Gasteiger partial charge on any atom is -0.383 e. The molecule has 0 aliphatic carbocycles. The second-order valence-corrected chi connectivity index (χ2v) is 6.00. The molecule has 16 heavy (non-hydrogen) atoms. The Labute approximate surface area is 113 Å². The summed E-state index contributed by atoms with van der Waals surface area (Å²) in [6, 6.07) is 4.34. The number of anilines is 1. The summed E-state index contributed by atoms with van der Waals surface area (Å²) in [7, 11) is 0. The van der Waals surface area contributed by atoms with Crippen molar-refractivity contribution in [1.29, 1.82) is 0 Å². The molecule has 0 amide bonds. The third-order valence-electron chi connectivity index (χ3n) is 2.46. The van der Waals surface area contributed by atoms with Crippen LogP contribution in [0.4, 0.5) is 5.82 Å². The van der Waals surface area contributed by atoms with E-state index in [2.05, 4.69) is 46.7 Å². The van der Waals surface area contributed by atoms with Crippen molar-refractivity contribution >= 4 is 39.7 Å². The van der Waals surface area contributed by atoms with Crippen LogP contribution in [0.25, 0.3) is 0 Å². The van der Waals surface area contributed by atoms with Gasteiger partial charge in [0.05, 0.1) is 15.8 Å². The average Bonchev–Trinajstić information content (AvgIpc) is 2.81. The molecule has 0 bridgehead atoms. The van der Waals surface area contributed by atoms with Crippen molar-refractivity contribution in [2.24, 2.45) is 0 Å². The van der Waals surface area contributed by atoms with Crippen LogP contribution in [0.1, 0.15) is 22.4 Å². The number of thiophene rings is 1. The van der Waals surface area contributed by atoms with Gasteiger partial charge in [-0.15, -0.1) is 11.3 Å². The number of nitrogens with zero attached hydrogens (tertiary/aromatic N) is 2. The van der Waals surface area contributed by atoms with E-state index in [1.165, 1.54) is 9.75 Å². The van der Waals surface area contributed by atoms with E-state index < -0.39 is 0 Å². The molecule has 0 unspecified atom stereocenters. The standard InChI is InChI=1S/C11H14IN3S/c1-3-8-4-5-9(16-8)6-15-11(13)10(12)7(2)14-15/h4-5H,3,6,13H2,1-2H3. The normalized spacial score (nSPS) is 10.9. The summed E-state index contributed by atoms with van der Waals surface area (Å²) in [6.07, 6.45) is 1.09. The minimum absolute atomic E-state index is 0.768. The zero-order valence-electron chi connectivity index (χ0n) is 9.33. The second-order valence-electron chi connectivity index (χ2n) is 3.66. The lowest BCUT2D eigenvalue weighted by Gasteiger charge is -2.01. The number of hydrogen-bond donors (Lipinski definition) is 1. The van der Waals surface area contributed by atoms with Crippen LogP contribution in [0.5, 0.6) is 0 Å². The molecule has 86 valence electrons. The third-order valence-corrected chi connectivity index (χ3v) is 5.01. The molecule has 0 aliphatic heterocycles. The predicted octanol–water partition coefficient (Wildman–Crippen LogP) is 3.05. The van der Waals surface area contributed by atoms with Gasteiger partial charge in [-0.25, -0.2) is 4.68 Å². The highest BCUT2D eigenvalue weighted by Crippen LogP contribution is 2.22. The lowest BCUT2D eigenvalue weighted by atomic mass is 10.4. The van der Waals surface area contributed by atoms with Crippen molar-refractivity contribution in [3.8, 4) is 0 Å². The Bertz CT molecular complexity index is 501. The van der Waals surface area contributed by atoms with Gasteiger partial charge in [0.2, 0.25) is 0 Å². The van der Waals surface area contributed by atoms with Crippen molar-refractivity contribution in [2.75, 3.05) is 5.73 Å². The fourth-order valence-electron chi connectivity index (χ4n) is 1.54. The van der Waals surface area contributed by atoms with E-state index in [4.69, 9.17) is 5.73 Å². The quantitative estimate of drug-likeness (QED) is 0.868. The maximum atomic E-state index is 5.99. The van der Waals surface area contributed by atoms with Crippen molar-refractivity contribution in [1.82, 2.24) is 9.78 Å². The zero-order chi connectivity index (χ0) is 11.7. The van der Waals surface area contributed by atoms with Crippen molar-refractivity contribution in [3.05, 3.63) is 31.2 Å². The second kappa shape index (κ2) is 4.75. The number of nitrogen functional groups attached to an aromatic ring is 1. The van der Waals surface area contributed by atoms with Crippen LogP contribution in [-0.4, -0.2) is 9.78 Å². The molecule has 0 saturated carbocycles. The molecular formula is C11H14IN3S. The molecule has 2 aromatic heterocycles. The first-order valence-electron chi connectivity index (χ1n) is 5.17. The Morgan fingerprint density at radius 1 is 1.44 bits per heavy atom. The van der Waals surface area contributed by atoms with E-state index in [0.717, 1.165) is 28.0 Å². The molecule has 2 rings (SSSR count). The van der Waals surface area contributed by atoms with Crippen LogP contribution in [0, 0.1) is 10.5 Å². The Kier molecular flexibility index (Phi) is 3.53. The fraction of sp³-hybridized carbons (Fsp3) is 0.364. The van der Waals surface area contributed by atoms with Gasteiger partial charge >= 0.3 is 0 Å². The van der Waals surface area contributed by atoms with E-state index in [1.807, 2.05) is 22.9 Å². The van der Waals surface area contributed by atoms with Gasteiger partial charge in [0.15, 0.2) is 0 Å². The van der Waals surface area contributed by atoms with Gasteiger partial charge in [0.25, 0.3) is 0 Å². The Balaban J connectivity index is 2.23. The lowest BCUT2D eigenvalue weighted by molar-refractivity contribution is 0.697. The molecule has 2 N–H and O–H groups in total. The van der Waals surface area contributed by atoms with E-state index in [0.29, 0.717) is 0 Å². The molecule has 0 saturated heterocycles. The number of aromatic nitrogens is 2. The first-order chi connectivity index (χ1) is 7.61. The largest absolute Gasteiger partial charge is 0.383 e. The number of hydrogen-bond acceptors (Lipinski definition) is 3. The van der Waals surface area contributed by atoms with Crippen LogP contribution in [0.15, 0.2) is 12.1 Å². The number of aryl methyl sites for hydroxylation is 2. The van der Waals surface area contributed by atoms with Gasteiger partial charge in [-0.1, -0.05) is 6.92 Å². The summed E-state index contributed by atoms with van der Waals surface area (Å²) >= 11 is 4.07. The van der Waals surface area contributed by atoms with E-state index in [9.17, 15) is 0 Å². The molecule has 0 aliphatic rings. The third kappa shape index (κ3) is 2.24. The number of halogens is 1. The van der Waals surface area contributed by atoms with Crippen LogP contribution in [0.2, 0.25) is 0 Å². The molecule has 0 spiro atoms. The Morgan fingerprint density at radius 3 is 2.62 bits per heavy atom. The van der Waals surface area contributed by atoms with Gasteiger partial charge in [-0.05, 0) is 48.1 Å². The summed E-state index contributed by atoms with van der Waals surface area (Å²) < 4.78 is 2.94.